The lowest BCUT2D eigenvalue weighted by Crippen LogP contribution is -2.67. The molecule has 4 fully saturated rings. The Kier molecular flexibility index (Phi) is 16.4. The van der Waals surface area contributed by atoms with Crippen LogP contribution in [0.25, 0.3) is 0 Å². The molecule has 18 unspecified atom stereocenters. The zero-order valence-corrected chi connectivity index (χ0v) is 28.6. The molecule has 18 atom stereocenters. The molecule has 0 aromatic carbocycles. The van der Waals surface area contributed by atoms with Gasteiger partial charge in [-0.25, -0.2) is 4.79 Å². The molecule has 0 radical (unpaired) electrons. The Morgan fingerprint density at radius 1 is 0.843 bits per heavy atom. The summed E-state index contributed by atoms with van der Waals surface area (Å²) in [5, 5.41) is 81.1. The van der Waals surface area contributed by atoms with Crippen LogP contribution in [0.4, 0.5) is 4.79 Å². The number of rotatable bonds is 16. The monoisotopic (exact) mass is 740 g/mol. The maximum absolute atomic E-state index is 12.5. The summed E-state index contributed by atoms with van der Waals surface area (Å²) in [5.74, 6) is -0.539. The van der Waals surface area contributed by atoms with E-state index in [1.54, 1.807) is 0 Å². The van der Waals surface area contributed by atoms with E-state index in [2.05, 4.69) is 16.0 Å². The molecule has 0 aromatic heterocycles. The average Bonchev–Trinajstić information content (AvgIpc) is 3.41. The van der Waals surface area contributed by atoms with Crippen molar-refractivity contribution in [3.05, 3.63) is 0 Å². The van der Waals surface area contributed by atoms with Gasteiger partial charge in [0.2, 0.25) is 0 Å². The second-order valence-corrected chi connectivity index (χ2v) is 13.9. The lowest BCUT2D eigenvalue weighted by atomic mass is 9.79. The van der Waals surface area contributed by atoms with E-state index in [0.717, 1.165) is 0 Å². The lowest BCUT2D eigenvalue weighted by molar-refractivity contribution is -0.288. The summed E-state index contributed by atoms with van der Waals surface area (Å²) in [6.45, 7) is -0.131. The third-order valence-electron chi connectivity index (χ3n) is 10.1. The summed E-state index contributed by atoms with van der Waals surface area (Å²) in [4.78, 5) is 12.5. The highest BCUT2D eigenvalue weighted by Gasteiger charge is 2.54. The Bertz CT molecular complexity index is 1060. The van der Waals surface area contributed by atoms with Gasteiger partial charge in [0, 0.05) is 38.1 Å². The molecule has 2 aliphatic carbocycles. The molecule has 20 N–H and O–H groups in total. The smallest absolute Gasteiger partial charge is 0.315 e. The van der Waals surface area contributed by atoms with E-state index < -0.39 is 123 Å². The van der Waals surface area contributed by atoms with Crippen molar-refractivity contribution in [3.8, 4) is 0 Å². The number of hydrogen-bond donors (Lipinski definition) is 15. The zero-order valence-electron chi connectivity index (χ0n) is 28.6. The number of ether oxygens (including phenoxy) is 5. The van der Waals surface area contributed by atoms with Gasteiger partial charge in [0.15, 0.2) is 12.6 Å². The van der Waals surface area contributed by atoms with Gasteiger partial charge in [0.05, 0.1) is 61.9 Å². The molecule has 2 saturated heterocycles. The number of amides is 2. The first-order chi connectivity index (χ1) is 24.3. The molecule has 4 aliphatic rings. The number of nitrogens with two attached hydrogens (primary N) is 5. The van der Waals surface area contributed by atoms with Gasteiger partial charge in [-0.3, -0.25) is 0 Å². The van der Waals surface area contributed by atoms with Crippen LogP contribution in [0.1, 0.15) is 25.7 Å². The fourth-order valence-electron chi connectivity index (χ4n) is 7.10. The number of aliphatic hydroxyl groups is 7. The normalized spacial score (nSPS) is 43.9. The van der Waals surface area contributed by atoms with Crippen molar-refractivity contribution < 1.29 is 64.2 Å². The standard InChI is InChI=1S/C30H60N8O13/c31-3-4-37-30(46)38-17-6-16(34)25(50-28-15(33)2-1-14(47-28)9-36-8-13(41)10-39)27(22(17)43)51-29-24(45)26(19(11-40)49-29)48-18-5-12(7-32)21(42)23(44)20(18)35/h12-29,36,39-45H,1-11,31-35H2,(H2,37,38,46). The molecule has 51 heavy (non-hydrogen) atoms. The molecule has 298 valence electrons. The zero-order chi connectivity index (χ0) is 37.4. The van der Waals surface area contributed by atoms with Crippen LogP contribution in [0.3, 0.4) is 0 Å². The van der Waals surface area contributed by atoms with Gasteiger partial charge in [-0.2, -0.15) is 0 Å². The summed E-state index contributed by atoms with van der Waals surface area (Å²) >= 11 is 0. The molecule has 2 aliphatic heterocycles. The molecular formula is C30H60N8O13. The van der Waals surface area contributed by atoms with Crippen molar-refractivity contribution in [3.63, 3.8) is 0 Å². The summed E-state index contributed by atoms with van der Waals surface area (Å²) in [6, 6.07) is -4.05. The minimum Gasteiger partial charge on any atom is -0.394 e. The highest BCUT2D eigenvalue weighted by Crippen LogP contribution is 2.35. The van der Waals surface area contributed by atoms with E-state index in [0.29, 0.717) is 19.4 Å². The van der Waals surface area contributed by atoms with Crippen LogP contribution in [-0.4, -0.2) is 192 Å². The Balaban J connectivity index is 1.51. The van der Waals surface area contributed by atoms with Crippen LogP contribution >= 0.6 is 0 Å². The molecule has 0 spiro atoms. The number of carbonyl (C=O) groups excluding carboxylic acids is 1. The minimum atomic E-state index is -1.56. The van der Waals surface area contributed by atoms with Gasteiger partial charge < -0.3 is 104 Å². The van der Waals surface area contributed by atoms with Crippen LogP contribution in [0, 0.1) is 5.92 Å². The van der Waals surface area contributed by atoms with Gasteiger partial charge >= 0.3 is 6.03 Å². The molecule has 2 heterocycles. The van der Waals surface area contributed by atoms with Gasteiger partial charge in [0.1, 0.15) is 36.6 Å². The topological polar surface area (TPSA) is 371 Å². The Hall–Kier alpha value is -1.45. The second kappa shape index (κ2) is 19.8. The maximum Gasteiger partial charge on any atom is 0.315 e. The summed E-state index contributed by atoms with van der Waals surface area (Å²) in [7, 11) is 0. The Labute approximate surface area is 296 Å². The van der Waals surface area contributed by atoms with E-state index in [9.17, 15) is 35.4 Å². The number of nitrogens with one attached hydrogen (secondary N) is 3. The third kappa shape index (κ3) is 10.6. The van der Waals surface area contributed by atoms with Crippen LogP contribution in [0.5, 0.6) is 0 Å². The fourth-order valence-corrected chi connectivity index (χ4v) is 7.10. The van der Waals surface area contributed by atoms with Crippen LogP contribution in [0.2, 0.25) is 0 Å². The molecule has 2 amide bonds. The lowest BCUT2D eigenvalue weighted by Gasteiger charge is -2.46. The first-order valence-corrected chi connectivity index (χ1v) is 17.6. The van der Waals surface area contributed by atoms with Crippen molar-refractivity contribution in [2.24, 2.45) is 34.6 Å². The minimum absolute atomic E-state index is 0.0445. The molecular weight excluding hydrogens is 680 g/mol. The van der Waals surface area contributed by atoms with Gasteiger partial charge in [-0.05, 0) is 32.2 Å². The highest BCUT2D eigenvalue weighted by molar-refractivity contribution is 5.74. The molecule has 21 nitrogen and oxygen atoms in total. The first-order valence-electron chi connectivity index (χ1n) is 17.6. The average molecular weight is 741 g/mol. The fraction of sp³-hybridized carbons (Fsp3) is 0.967. The molecule has 0 bridgehead atoms. The van der Waals surface area contributed by atoms with Gasteiger partial charge in [-0.15, -0.1) is 0 Å². The Morgan fingerprint density at radius 3 is 2.24 bits per heavy atom. The van der Waals surface area contributed by atoms with Crippen LogP contribution < -0.4 is 44.6 Å². The molecule has 4 rings (SSSR count). The molecule has 21 heteroatoms. The predicted molar refractivity (Wildman–Crippen MR) is 177 cm³/mol. The van der Waals surface area contributed by atoms with E-state index in [-0.39, 0.29) is 45.1 Å². The SMILES string of the molecule is NCCNC(=O)NC1CC(N)C(OC2OC(CNCC(O)CO)CCC2N)C(OC2OC(CO)C(OC3CC(CN)C(O)C(O)C3N)C2O)C1O. The van der Waals surface area contributed by atoms with Crippen molar-refractivity contribution in [1.29, 1.82) is 0 Å². The number of carbonyl (C=O) groups is 1. The first kappa shape index (κ1) is 42.3. The number of aliphatic hydroxyl groups excluding tert-OH is 7. The third-order valence-corrected chi connectivity index (χ3v) is 10.1. The number of urea groups is 1. The van der Waals surface area contributed by atoms with Gasteiger partial charge in [-0.1, -0.05) is 0 Å². The largest absolute Gasteiger partial charge is 0.394 e. The van der Waals surface area contributed by atoms with Crippen molar-refractivity contribution in [2.45, 2.75) is 130 Å². The maximum atomic E-state index is 12.5. The predicted octanol–water partition coefficient (Wildman–Crippen LogP) is -7.89. The quantitative estimate of drug-likeness (QED) is 0.0698. The number of hydrogen-bond acceptors (Lipinski definition) is 19. The second-order valence-electron chi connectivity index (χ2n) is 13.9. The van der Waals surface area contributed by atoms with Crippen LogP contribution in [0.15, 0.2) is 0 Å². The molecule has 2 saturated carbocycles. The highest BCUT2D eigenvalue weighted by atomic mass is 16.7. The van der Waals surface area contributed by atoms with E-state index in [4.69, 9.17) is 57.5 Å². The van der Waals surface area contributed by atoms with Crippen LogP contribution in [-0.2, 0) is 23.7 Å². The van der Waals surface area contributed by atoms with E-state index in [1.165, 1.54) is 0 Å². The van der Waals surface area contributed by atoms with E-state index in [1.807, 2.05) is 0 Å². The van der Waals surface area contributed by atoms with Crippen molar-refractivity contribution in [2.75, 3.05) is 45.9 Å². The summed E-state index contributed by atoms with van der Waals surface area (Å²) < 4.78 is 30.6. The van der Waals surface area contributed by atoms with Crippen molar-refractivity contribution in [1.82, 2.24) is 16.0 Å². The van der Waals surface area contributed by atoms with E-state index >= 15 is 0 Å². The van der Waals surface area contributed by atoms with Crippen molar-refractivity contribution >= 4 is 6.03 Å². The summed E-state index contributed by atoms with van der Waals surface area (Å²) in [6.07, 6.45) is -13.8. The Morgan fingerprint density at radius 2 is 1.57 bits per heavy atom. The molecule has 0 aromatic rings. The van der Waals surface area contributed by atoms with Gasteiger partial charge in [0.25, 0.3) is 0 Å². The summed E-state index contributed by atoms with van der Waals surface area (Å²) in [5.41, 5.74) is 30.4.